The van der Waals surface area contributed by atoms with Gasteiger partial charge in [0.05, 0.1) is 6.61 Å². The molecule has 1 unspecified atom stereocenters. The van der Waals surface area contributed by atoms with Crippen LogP contribution in [0.2, 0.25) is 10.0 Å². The van der Waals surface area contributed by atoms with Crippen molar-refractivity contribution in [3.63, 3.8) is 0 Å². The SMILES string of the molecule is C=Cc1ccc(Cl)cc1.Clc1ccc(C2CO2)cc1. The van der Waals surface area contributed by atoms with E-state index in [0.29, 0.717) is 6.10 Å². The molecule has 2 aromatic carbocycles. The molecule has 1 aliphatic rings. The van der Waals surface area contributed by atoms with E-state index < -0.39 is 0 Å². The van der Waals surface area contributed by atoms with Gasteiger partial charge in [0, 0.05) is 10.0 Å². The Balaban J connectivity index is 0.000000141. The summed E-state index contributed by atoms with van der Waals surface area (Å²) in [5, 5.41) is 1.55. The van der Waals surface area contributed by atoms with Crippen LogP contribution < -0.4 is 0 Å². The molecule has 0 aliphatic carbocycles. The fourth-order valence-electron chi connectivity index (χ4n) is 1.52. The fourth-order valence-corrected chi connectivity index (χ4v) is 1.77. The van der Waals surface area contributed by atoms with Gasteiger partial charge < -0.3 is 4.74 Å². The van der Waals surface area contributed by atoms with Gasteiger partial charge in [-0.3, -0.25) is 0 Å². The largest absolute Gasteiger partial charge is 0.368 e. The Kier molecular flexibility index (Phi) is 5.03. The first-order valence-electron chi connectivity index (χ1n) is 5.94. The minimum atomic E-state index is 0.345. The molecule has 0 radical (unpaired) electrons. The average Bonchev–Trinajstić information content (AvgIpc) is 3.26. The molecule has 0 spiro atoms. The number of epoxide rings is 1. The fraction of sp³-hybridized carbons (Fsp3) is 0.125. The third-order valence-corrected chi connectivity index (χ3v) is 3.18. The molecule has 0 amide bonds. The number of rotatable bonds is 2. The quantitative estimate of drug-likeness (QED) is 0.676. The predicted molar refractivity (Wildman–Crippen MR) is 81.7 cm³/mol. The second-order valence-electron chi connectivity index (χ2n) is 4.13. The summed E-state index contributed by atoms with van der Waals surface area (Å²) in [6, 6.07) is 15.3. The lowest BCUT2D eigenvalue weighted by molar-refractivity contribution is 0.415. The van der Waals surface area contributed by atoms with E-state index in [1.807, 2.05) is 48.5 Å². The standard InChI is InChI=1S/C8H7ClO.C8H7Cl/c9-7-3-1-6(2-4-7)8-5-10-8;1-2-7-3-5-8(9)6-4-7/h1-4,8H,5H2;2-6H,1H2. The van der Waals surface area contributed by atoms with Crippen molar-refractivity contribution >= 4 is 29.3 Å². The van der Waals surface area contributed by atoms with Crippen LogP contribution in [0.1, 0.15) is 17.2 Å². The maximum atomic E-state index is 5.70. The molecular formula is C16H14Cl2O. The van der Waals surface area contributed by atoms with E-state index in [9.17, 15) is 0 Å². The van der Waals surface area contributed by atoms with Crippen molar-refractivity contribution in [1.29, 1.82) is 0 Å². The molecule has 0 aromatic heterocycles. The second kappa shape index (κ2) is 6.76. The van der Waals surface area contributed by atoms with E-state index in [2.05, 4.69) is 6.58 Å². The molecule has 3 rings (SSSR count). The normalized spacial score (nSPS) is 16.2. The molecule has 0 N–H and O–H groups in total. The van der Waals surface area contributed by atoms with Crippen LogP contribution in [0.15, 0.2) is 55.1 Å². The number of hydrogen-bond donors (Lipinski definition) is 0. The predicted octanol–water partition coefficient (Wildman–Crippen LogP) is 5.39. The summed E-state index contributed by atoms with van der Waals surface area (Å²) in [5.74, 6) is 0. The van der Waals surface area contributed by atoms with E-state index in [4.69, 9.17) is 27.9 Å². The summed E-state index contributed by atoms with van der Waals surface area (Å²) < 4.78 is 5.09. The van der Waals surface area contributed by atoms with Crippen LogP contribution in [-0.4, -0.2) is 6.61 Å². The zero-order valence-corrected chi connectivity index (χ0v) is 11.9. The summed E-state index contributed by atoms with van der Waals surface area (Å²) in [7, 11) is 0. The van der Waals surface area contributed by atoms with Crippen molar-refractivity contribution in [3.05, 3.63) is 76.3 Å². The molecule has 1 aliphatic heterocycles. The van der Waals surface area contributed by atoms with E-state index >= 15 is 0 Å². The van der Waals surface area contributed by atoms with Crippen molar-refractivity contribution in [2.45, 2.75) is 6.10 Å². The molecule has 1 nitrogen and oxygen atoms in total. The van der Waals surface area contributed by atoms with E-state index in [1.165, 1.54) is 5.56 Å². The van der Waals surface area contributed by atoms with Gasteiger partial charge >= 0.3 is 0 Å². The third-order valence-electron chi connectivity index (χ3n) is 2.68. The molecule has 2 aromatic rings. The Morgan fingerprint density at radius 3 is 1.84 bits per heavy atom. The van der Waals surface area contributed by atoms with Crippen LogP contribution in [0.3, 0.4) is 0 Å². The van der Waals surface area contributed by atoms with Gasteiger partial charge in [-0.2, -0.15) is 0 Å². The first kappa shape index (κ1) is 14.1. The Labute approximate surface area is 123 Å². The lowest BCUT2D eigenvalue weighted by atomic mass is 10.2. The van der Waals surface area contributed by atoms with Crippen LogP contribution >= 0.6 is 23.2 Å². The first-order chi connectivity index (χ1) is 9.19. The molecule has 3 heteroatoms. The Bertz CT molecular complexity index is 528. The van der Waals surface area contributed by atoms with E-state index in [-0.39, 0.29) is 0 Å². The van der Waals surface area contributed by atoms with Crippen molar-refractivity contribution in [2.75, 3.05) is 6.61 Å². The molecule has 1 saturated heterocycles. The molecule has 1 heterocycles. The highest BCUT2D eigenvalue weighted by atomic mass is 35.5. The van der Waals surface area contributed by atoms with Crippen LogP contribution in [0.4, 0.5) is 0 Å². The number of ether oxygens (including phenoxy) is 1. The Hall–Kier alpha value is -1.28. The van der Waals surface area contributed by atoms with Gasteiger partial charge in [0.1, 0.15) is 6.10 Å². The average molecular weight is 293 g/mol. The van der Waals surface area contributed by atoms with Crippen molar-refractivity contribution < 1.29 is 4.74 Å². The highest BCUT2D eigenvalue weighted by Gasteiger charge is 2.23. The van der Waals surface area contributed by atoms with Crippen molar-refractivity contribution in [2.24, 2.45) is 0 Å². The van der Waals surface area contributed by atoms with E-state index in [1.54, 1.807) is 6.08 Å². The van der Waals surface area contributed by atoms with Crippen LogP contribution in [-0.2, 0) is 4.74 Å². The minimum absolute atomic E-state index is 0.345. The molecule has 0 saturated carbocycles. The summed E-state index contributed by atoms with van der Waals surface area (Å²) in [6.07, 6.45) is 2.13. The number of hydrogen-bond acceptors (Lipinski definition) is 1. The van der Waals surface area contributed by atoms with Crippen LogP contribution in [0, 0.1) is 0 Å². The van der Waals surface area contributed by atoms with Gasteiger partial charge in [-0.25, -0.2) is 0 Å². The molecule has 0 bridgehead atoms. The number of halogens is 2. The maximum Gasteiger partial charge on any atom is 0.106 e. The van der Waals surface area contributed by atoms with Gasteiger partial charge in [-0.05, 0) is 35.4 Å². The van der Waals surface area contributed by atoms with Crippen molar-refractivity contribution in [3.8, 4) is 0 Å². The van der Waals surface area contributed by atoms with Gasteiger partial charge in [0.15, 0.2) is 0 Å². The summed E-state index contributed by atoms with van der Waals surface area (Å²) >= 11 is 11.3. The highest BCUT2D eigenvalue weighted by molar-refractivity contribution is 6.30. The van der Waals surface area contributed by atoms with Crippen molar-refractivity contribution in [1.82, 2.24) is 0 Å². The van der Waals surface area contributed by atoms with Gasteiger partial charge in [0.2, 0.25) is 0 Å². The molecule has 19 heavy (non-hydrogen) atoms. The first-order valence-corrected chi connectivity index (χ1v) is 6.69. The van der Waals surface area contributed by atoms with Crippen LogP contribution in [0.25, 0.3) is 6.08 Å². The van der Waals surface area contributed by atoms with Gasteiger partial charge in [0.25, 0.3) is 0 Å². The molecule has 1 atom stereocenters. The zero-order chi connectivity index (χ0) is 13.7. The van der Waals surface area contributed by atoms with Crippen LogP contribution in [0.5, 0.6) is 0 Å². The van der Waals surface area contributed by atoms with Gasteiger partial charge in [-0.1, -0.05) is 60.1 Å². The number of benzene rings is 2. The molecular weight excluding hydrogens is 279 g/mol. The topological polar surface area (TPSA) is 12.5 Å². The summed E-state index contributed by atoms with van der Waals surface area (Å²) in [4.78, 5) is 0. The zero-order valence-electron chi connectivity index (χ0n) is 10.4. The van der Waals surface area contributed by atoms with E-state index in [0.717, 1.165) is 22.2 Å². The summed E-state index contributed by atoms with van der Waals surface area (Å²) in [5.41, 5.74) is 2.32. The lowest BCUT2D eigenvalue weighted by Gasteiger charge is -1.93. The summed E-state index contributed by atoms with van der Waals surface area (Å²) in [6.45, 7) is 4.48. The second-order valence-corrected chi connectivity index (χ2v) is 5.00. The Morgan fingerprint density at radius 2 is 1.42 bits per heavy atom. The Morgan fingerprint density at radius 1 is 0.947 bits per heavy atom. The minimum Gasteiger partial charge on any atom is -0.368 e. The smallest absolute Gasteiger partial charge is 0.106 e. The monoisotopic (exact) mass is 292 g/mol. The molecule has 98 valence electrons. The highest BCUT2D eigenvalue weighted by Crippen LogP contribution is 2.29. The lowest BCUT2D eigenvalue weighted by Crippen LogP contribution is -1.77. The third kappa shape index (κ3) is 4.71. The molecule has 1 fully saturated rings. The van der Waals surface area contributed by atoms with Gasteiger partial charge in [-0.15, -0.1) is 0 Å². The maximum absolute atomic E-state index is 5.70.